The average Bonchev–Trinajstić information content (AvgIpc) is 3.40. The molecule has 0 spiro atoms. The molecule has 0 bridgehead atoms. The summed E-state index contributed by atoms with van der Waals surface area (Å²) in [5.74, 6) is 0.401. The number of piperidine rings is 1. The number of carbonyl (C=O) groups is 1. The van der Waals surface area contributed by atoms with Crippen LogP contribution >= 0.6 is 11.6 Å². The number of nitrogens with zero attached hydrogens (tertiary/aromatic N) is 5. The predicted octanol–water partition coefficient (Wildman–Crippen LogP) is 2.33. The van der Waals surface area contributed by atoms with E-state index in [1.165, 1.54) is 0 Å². The molecule has 0 aliphatic carbocycles. The number of nitrogens with one attached hydrogen (secondary N) is 3. The van der Waals surface area contributed by atoms with E-state index in [2.05, 4.69) is 20.4 Å². The molecular formula is C26H29ClN8O3. The van der Waals surface area contributed by atoms with Crippen molar-refractivity contribution < 1.29 is 9.90 Å². The number of aromatic hydroxyl groups is 1. The molecule has 4 N–H and O–H groups in total. The van der Waals surface area contributed by atoms with Crippen LogP contribution in [0.4, 0.5) is 11.5 Å². The van der Waals surface area contributed by atoms with Gasteiger partial charge in [-0.1, -0.05) is 38.4 Å². The number of halogens is 1. The minimum atomic E-state index is -0.520. The number of aromatic nitrogens is 5. The molecule has 198 valence electrons. The number of likely N-dealkylation sites (tertiary alicyclic amines) is 1. The molecule has 1 aliphatic heterocycles. The van der Waals surface area contributed by atoms with Crippen LogP contribution in [0.5, 0.6) is 5.88 Å². The predicted molar refractivity (Wildman–Crippen MR) is 144 cm³/mol. The first-order chi connectivity index (χ1) is 18.1. The number of aromatic amines is 2. The average molecular weight is 537 g/mol. The smallest absolute Gasteiger partial charge is 0.326 e. The molecule has 1 amide bonds. The van der Waals surface area contributed by atoms with E-state index < -0.39 is 11.1 Å². The minimum Gasteiger partial charge on any atom is -0.493 e. The molecule has 1 aliphatic rings. The molecule has 38 heavy (non-hydrogen) atoms. The molecule has 3 aromatic heterocycles. The highest BCUT2D eigenvalue weighted by atomic mass is 35.5. The van der Waals surface area contributed by atoms with Gasteiger partial charge >= 0.3 is 5.69 Å². The number of fused-ring (bicyclic) bond motifs is 1. The van der Waals surface area contributed by atoms with Crippen LogP contribution in [0.15, 0.2) is 46.3 Å². The Morgan fingerprint density at radius 3 is 2.66 bits per heavy atom. The molecule has 0 unspecified atom stereocenters. The van der Waals surface area contributed by atoms with Crippen LogP contribution in [0.1, 0.15) is 39.3 Å². The van der Waals surface area contributed by atoms with E-state index >= 15 is 0 Å². The van der Waals surface area contributed by atoms with Crippen LogP contribution in [-0.4, -0.2) is 59.6 Å². The molecule has 0 saturated carbocycles. The lowest BCUT2D eigenvalue weighted by Gasteiger charge is -2.34. The largest absolute Gasteiger partial charge is 0.493 e. The van der Waals surface area contributed by atoms with Crippen LogP contribution in [0.3, 0.4) is 0 Å². The SMILES string of the molecule is CC(C)(C)C(=O)N1CCC(N=c2cc(Nc3cccc(Cl)c3)nc3/c(=C\c4[nH]c(=O)[nH]c4O)cnn23)CC1. The van der Waals surface area contributed by atoms with Gasteiger partial charge in [0.1, 0.15) is 11.5 Å². The number of H-pyrrole nitrogens is 2. The van der Waals surface area contributed by atoms with E-state index in [0.717, 1.165) is 18.5 Å². The number of imidazole rings is 1. The highest BCUT2D eigenvalue weighted by Crippen LogP contribution is 2.22. The summed E-state index contributed by atoms with van der Waals surface area (Å²) in [5, 5.41) is 18.9. The van der Waals surface area contributed by atoms with Gasteiger partial charge in [0.05, 0.1) is 12.2 Å². The fourth-order valence-electron chi connectivity index (χ4n) is 4.44. The van der Waals surface area contributed by atoms with Gasteiger partial charge in [-0.05, 0) is 37.1 Å². The normalized spacial score (nSPS) is 15.9. The van der Waals surface area contributed by atoms with Crippen LogP contribution in [-0.2, 0) is 4.79 Å². The fourth-order valence-corrected chi connectivity index (χ4v) is 4.63. The zero-order chi connectivity index (χ0) is 27.0. The molecule has 1 aromatic carbocycles. The summed E-state index contributed by atoms with van der Waals surface area (Å²) in [4.78, 5) is 40.8. The third-order valence-electron chi connectivity index (χ3n) is 6.32. The van der Waals surface area contributed by atoms with Gasteiger partial charge in [-0.25, -0.2) is 9.78 Å². The minimum absolute atomic E-state index is 0.00495. The zero-order valence-electron chi connectivity index (χ0n) is 21.3. The second-order valence-electron chi connectivity index (χ2n) is 10.4. The number of amides is 1. The molecule has 12 heteroatoms. The number of hydrogen-bond donors (Lipinski definition) is 4. The third kappa shape index (κ3) is 5.42. The van der Waals surface area contributed by atoms with Gasteiger partial charge in [-0.15, -0.1) is 0 Å². The Morgan fingerprint density at radius 2 is 2.00 bits per heavy atom. The van der Waals surface area contributed by atoms with Crippen molar-refractivity contribution in [1.29, 1.82) is 0 Å². The molecule has 0 atom stereocenters. The van der Waals surface area contributed by atoms with Crippen LogP contribution in [0.2, 0.25) is 5.02 Å². The quantitative estimate of drug-likeness (QED) is 0.315. The van der Waals surface area contributed by atoms with Crippen molar-refractivity contribution in [3.63, 3.8) is 0 Å². The molecule has 4 heterocycles. The van der Waals surface area contributed by atoms with Crippen molar-refractivity contribution >= 4 is 40.7 Å². The van der Waals surface area contributed by atoms with Crippen molar-refractivity contribution in [3.05, 3.63) is 68.4 Å². The molecule has 1 fully saturated rings. The number of carbonyl (C=O) groups excluding carboxylic acids is 1. The number of rotatable bonds is 4. The molecule has 5 rings (SSSR count). The molecule has 0 radical (unpaired) electrons. The van der Waals surface area contributed by atoms with E-state index in [-0.39, 0.29) is 23.5 Å². The first kappa shape index (κ1) is 25.5. The summed E-state index contributed by atoms with van der Waals surface area (Å²) < 4.78 is 1.63. The standard InChI is InChI=1S/C26H29ClN8O3/c1-26(2,3)24(37)34-9-7-17(8-10-34)30-21-13-20(29-18-6-4-5-16(27)12-18)32-22-15(14-28-35(21)22)11-19-23(36)33-25(38)31-19/h4-6,11-14,17,29,36H,7-10H2,1-3H3,(H2,31,33,38)/b15-11-,30-21?. The van der Waals surface area contributed by atoms with Crippen molar-refractivity contribution in [3.8, 4) is 5.88 Å². The maximum Gasteiger partial charge on any atom is 0.326 e. The van der Waals surface area contributed by atoms with E-state index in [9.17, 15) is 14.7 Å². The van der Waals surface area contributed by atoms with Crippen molar-refractivity contribution in [1.82, 2.24) is 29.5 Å². The van der Waals surface area contributed by atoms with Gasteiger partial charge in [0.25, 0.3) is 0 Å². The molecular weight excluding hydrogens is 508 g/mol. The van der Waals surface area contributed by atoms with E-state index in [0.29, 0.717) is 40.3 Å². The van der Waals surface area contributed by atoms with Crippen molar-refractivity contribution in [2.24, 2.45) is 10.4 Å². The molecule has 1 saturated heterocycles. The van der Waals surface area contributed by atoms with Crippen molar-refractivity contribution in [2.45, 2.75) is 39.7 Å². The summed E-state index contributed by atoms with van der Waals surface area (Å²) >= 11 is 6.16. The van der Waals surface area contributed by atoms with E-state index in [1.807, 2.05) is 43.9 Å². The Hall–Kier alpha value is -4.12. The highest BCUT2D eigenvalue weighted by Gasteiger charge is 2.30. The van der Waals surface area contributed by atoms with Gasteiger partial charge in [0.2, 0.25) is 11.8 Å². The molecule has 11 nitrogen and oxygen atoms in total. The summed E-state index contributed by atoms with van der Waals surface area (Å²) in [6.45, 7) is 7.09. The van der Waals surface area contributed by atoms with Gasteiger partial charge in [0, 0.05) is 40.5 Å². The lowest BCUT2D eigenvalue weighted by atomic mass is 9.93. The first-order valence-electron chi connectivity index (χ1n) is 12.3. The summed E-state index contributed by atoms with van der Waals surface area (Å²) in [6, 6.07) is 9.11. The van der Waals surface area contributed by atoms with E-state index in [4.69, 9.17) is 21.6 Å². The van der Waals surface area contributed by atoms with Crippen LogP contribution in [0, 0.1) is 5.41 Å². The number of anilines is 2. The monoisotopic (exact) mass is 536 g/mol. The van der Waals surface area contributed by atoms with Gasteiger partial charge in [-0.3, -0.25) is 14.8 Å². The lowest BCUT2D eigenvalue weighted by molar-refractivity contribution is -0.140. The first-order valence-corrected chi connectivity index (χ1v) is 12.7. The number of hydrogen-bond acceptors (Lipinski definition) is 7. The second-order valence-corrected chi connectivity index (χ2v) is 10.8. The highest BCUT2D eigenvalue weighted by molar-refractivity contribution is 6.30. The third-order valence-corrected chi connectivity index (χ3v) is 6.56. The Morgan fingerprint density at radius 1 is 1.24 bits per heavy atom. The maximum absolute atomic E-state index is 12.7. The topological polar surface area (TPSA) is 144 Å². The van der Waals surface area contributed by atoms with Crippen LogP contribution in [0.25, 0.3) is 11.7 Å². The Balaban J connectivity index is 1.55. The number of benzene rings is 1. The Labute approximate surface area is 222 Å². The summed E-state index contributed by atoms with van der Waals surface area (Å²) in [5.41, 5.74) is 1.11. The zero-order valence-corrected chi connectivity index (χ0v) is 22.1. The summed E-state index contributed by atoms with van der Waals surface area (Å²) in [6.07, 6.45) is 4.66. The van der Waals surface area contributed by atoms with Crippen molar-refractivity contribution in [2.75, 3.05) is 18.4 Å². The molecule has 4 aromatic rings. The Kier molecular flexibility index (Phi) is 6.70. The second kappa shape index (κ2) is 9.97. The van der Waals surface area contributed by atoms with Crippen LogP contribution < -0.4 is 21.7 Å². The van der Waals surface area contributed by atoms with Gasteiger partial charge < -0.3 is 20.3 Å². The fraction of sp³-hybridized carbons (Fsp3) is 0.346. The lowest BCUT2D eigenvalue weighted by Crippen LogP contribution is -2.45. The maximum atomic E-state index is 12.7. The van der Waals surface area contributed by atoms with Gasteiger partial charge in [-0.2, -0.15) is 9.61 Å². The van der Waals surface area contributed by atoms with E-state index in [1.54, 1.807) is 28.9 Å². The van der Waals surface area contributed by atoms with Gasteiger partial charge in [0.15, 0.2) is 11.1 Å². The Bertz CT molecular complexity index is 1670. The summed E-state index contributed by atoms with van der Waals surface area (Å²) in [7, 11) is 0.